The lowest BCUT2D eigenvalue weighted by Gasteiger charge is -2.45. The third kappa shape index (κ3) is 3.69. The summed E-state index contributed by atoms with van der Waals surface area (Å²) in [5, 5.41) is 6.24. The summed E-state index contributed by atoms with van der Waals surface area (Å²) >= 11 is 0. The van der Waals surface area contributed by atoms with Crippen LogP contribution >= 0.6 is 0 Å². The molecule has 3 rings (SSSR count). The van der Waals surface area contributed by atoms with Crippen LogP contribution in [0.4, 0.5) is 0 Å². The SMILES string of the molecule is CC1C(=O)NC2CC(NC(=O)/C=C\c3ccccc3)CCC2C1C. The van der Waals surface area contributed by atoms with E-state index in [2.05, 4.69) is 17.6 Å². The summed E-state index contributed by atoms with van der Waals surface area (Å²) in [7, 11) is 0. The fourth-order valence-corrected chi connectivity index (χ4v) is 4.03. The number of amides is 2. The van der Waals surface area contributed by atoms with E-state index in [4.69, 9.17) is 0 Å². The van der Waals surface area contributed by atoms with Gasteiger partial charge in [0.15, 0.2) is 0 Å². The first kappa shape index (κ1) is 16.7. The van der Waals surface area contributed by atoms with E-state index in [0.717, 1.165) is 24.8 Å². The Labute approximate surface area is 143 Å². The summed E-state index contributed by atoms with van der Waals surface area (Å²) in [5.74, 6) is 1.13. The molecule has 2 aliphatic rings. The molecule has 1 aliphatic heterocycles. The number of rotatable bonds is 3. The van der Waals surface area contributed by atoms with Crippen LogP contribution in [0, 0.1) is 17.8 Å². The molecule has 0 aromatic heterocycles. The lowest BCUT2D eigenvalue weighted by atomic mass is 9.68. The van der Waals surface area contributed by atoms with Gasteiger partial charge in [0.25, 0.3) is 0 Å². The molecule has 1 aromatic rings. The summed E-state index contributed by atoms with van der Waals surface area (Å²) < 4.78 is 0. The van der Waals surface area contributed by atoms with Crippen molar-refractivity contribution in [3.8, 4) is 0 Å². The molecule has 4 heteroatoms. The largest absolute Gasteiger partial charge is 0.353 e. The van der Waals surface area contributed by atoms with Crippen LogP contribution in [-0.4, -0.2) is 23.9 Å². The molecule has 2 N–H and O–H groups in total. The highest BCUT2D eigenvalue weighted by molar-refractivity contribution is 5.91. The van der Waals surface area contributed by atoms with Crippen LogP contribution < -0.4 is 10.6 Å². The summed E-state index contributed by atoms with van der Waals surface area (Å²) in [5.41, 5.74) is 1.01. The van der Waals surface area contributed by atoms with Gasteiger partial charge in [-0.2, -0.15) is 0 Å². The van der Waals surface area contributed by atoms with Gasteiger partial charge in [-0.25, -0.2) is 0 Å². The third-order valence-electron chi connectivity index (χ3n) is 5.68. The van der Waals surface area contributed by atoms with Crippen LogP contribution in [0.3, 0.4) is 0 Å². The van der Waals surface area contributed by atoms with Gasteiger partial charge in [-0.05, 0) is 42.7 Å². The summed E-state index contributed by atoms with van der Waals surface area (Å²) in [6.07, 6.45) is 6.29. The monoisotopic (exact) mass is 326 g/mol. The molecule has 2 fully saturated rings. The number of nitrogens with one attached hydrogen (secondary N) is 2. The van der Waals surface area contributed by atoms with Crippen molar-refractivity contribution in [2.75, 3.05) is 0 Å². The predicted molar refractivity (Wildman–Crippen MR) is 95.0 cm³/mol. The van der Waals surface area contributed by atoms with Crippen LogP contribution in [0.5, 0.6) is 0 Å². The van der Waals surface area contributed by atoms with Crippen LogP contribution in [0.25, 0.3) is 6.08 Å². The maximum absolute atomic E-state index is 12.1. The van der Waals surface area contributed by atoms with Crippen molar-refractivity contribution in [2.24, 2.45) is 17.8 Å². The van der Waals surface area contributed by atoms with E-state index in [-0.39, 0.29) is 29.8 Å². The maximum atomic E-state index is 12.1. The second kappa shape index (κ2) is 7.20. The Morgan fingerprint density at radius 2 is 1.96 bits per heavy atom. The molecule has 1 saturated carbocycles. The Balaban J connectivity index is 1.55. The number of benzene rings is 1. The van der Waals surface area contributed by atoms with E-state index in [1.807, 2.05) is 43.3 Å². The van der Waals surface area contributed by atoms with Gasteiger partial charge in [-0.1, -0.05) is 44.2 Å². The lowest BCUT2D eigenvalue weighted by Crippen LogP contribution is -2.57. The number of piperidine rings is 1. The second-order valence-corrected chi connectivity index (χ2v) is 7.19. The minimum absolute atomic E-state index is 0.0640. The molecule has 1 aromatic carbocycles. The topological polar surface area (TPSA) is 58.2 Å². The molecule has 2 amide bonds. The Kier molecular flexibility index (Phi) is 5.03. The van der Waals surface area contributed by atoms with Crippen molar-refractivity contribution < 1.29 is 9.59 Å². The summed E-state index contributed by atoms with van der Waals surface area (Å²) in [6.45, 7) is 4.20. The number of hydrogen-bond donors (Lipinski definition) is 2. The maximum Gasteiger partial charge on any atom is 0.244 e. The Bertz CT molecular complexity index is 626. The summed E-state index contributed by atoms with van der Waals surface area (Å²) in [4.78, 5) is 24.2. The zero-order chi connectivity index (χ0) is 17.1. The predicted octanol–water partition coefficient (Wildman–Crippen LogP) is 2.76. The van der Waals surface area contributed by atoms with Crippen molar-refractivity contribution in [3.05, 3.63) is 42.0 Å². The van der Waals surface area contributed by atoms with Gasteiger partial charge >= 0.3 is 0 Å². The fourth-order valence-electron chi connectivity index (χ4n) is 4.03. The van der Waals surface area contributed by atoms with Crippen LogP contribution in [0.1, 0.15) is 38.7 Å². The number of carbonyl (C=O) groups excluding carboxylic acids is 2. The molecule has 0 spiro atoms. The molecule has 0 bridgehead atoms. The van der Waals surface area contributed by atoms with Crippen molar-refractivity contribution in [2.45, 2.75) is 45.2 Å². The zero-order valence-corrected chi connectivity index (χ0v) is 14.4. The molecule has 1 aliphatic carbocycles. The quantitative estimate of drug-likeness (QED) is 0.839. The highest BCUT2D eigenvalue weighted by Gasteiger charge is 2.42. The van der Waals surface area contributed by atoms with Gasteiger partial charge in [-0.3, -0.25) is 9.59 Å². The van der Waals surface area contributed by atoms with Crippen LogP contribution in [-0.2, 0) is 9.59 Å². The Morgan fingerprint density at radius 3 is 2.71 bits per heavy atom. The van der Waals surface area contributed by atoms with Crippen molar-refractivity contribution >= 4 is 17.9 Å². The second-order valence-electron chi connectivity index (χ2n) is 7.19. The standard InChI is InChI=1S/C20H26N2O2/c1-13-14(2)20(24)22-18-12-16(9-10-17(13)18)21-19(23)11-8-15-6-4-3-5-7-15/h3-8,11,13-14,16-18H,9-10,12H2,1-2H3,(H,21,23)(H,22,24)/b11-8-. The Morgan fingerprint density at radius 1 is 1.21 bits per heavy atom. The van der Waals surface area contributed by atoms with Gasteiger partial charge in [0.1, 0.15) is 0 Å². The van der Waals surface area contributed by atoms with E-state index >= 15 is 0 Å². The minimum Gasteiger partial charge on any atom is -0.353 e. The molecular formula is C20H26N2O2. The molecule has 0 radical (unpaired) electrons. The minimum atomic E-state index is -0.0640. The molecule has 5 atom stereocenters. The van der Waals surface area contributed by atoms with Gasteiger partial charge in [-0.15, -0.1) is 0 Å². The normalized spacial score (nSPS) is 32.9. The molecule has 1 heterocycles. The molecule has 1 saturated heterocycles. The van der Waals surface area contributed by atoms with Gasteiger partial charge in [0.05, 0.1) is 0 Å². The van der Waals surface area contributed by atoms with E-state index in [0.29, 0.717) is 11.8 Å². The highest BCUT2D eigenvalue weighted by atomic mass is 16.2. The van der Waals surface area contributed by atoms with E-state index in [1.165, 1.54) is 0 Å². The molecule has 4 nitrogen and oxygen atoms in total. The first-order valence-corrected chi connectivity index (χ1v) is 8.88. The number of fused-ring (bicyclic) bond motifs is 1. The Hall–Kier alpha value is -2.10. The van der Waals surface area contributed by atoms with Gasteiger partial charge < -0.3 is 10.6 Å². The fraction of sp³-hybridized carbons (Fsp3) is 0.500. The number of carbonyl (C=O) groups is 2. The average Bonchev–Trinajstić information content (AvgIpc) is 2.59. The van der Waals surface area contributed by atoms with E-state index in [9.17, 15) is 9.59 Å². The lowest BCUT2D eigenvalue weighted by molar-refractivity contribution is -0.132. The first-order valence-electron chi connectivity index (χ1n) is 8.88. The summed E-state index contributed by atoms with van der Waals surface area (Å²) in [6, 6.07) is 10.1. The van der Waals surface area contributed by atoms with Crippen molar-refractivity contribution in [1.29, 1.82) is 0 Å². The van der Waals surface area contributed by atoms with E-state index < -0.39 is 0 Å². The molecule has 24 heavy (non-hydrogen) atoms. The number of hydrogen-bond acceptors (Lipinski definition) is 2. The van der Waals surface area contributed by atoms with Crippen LogP contribution in [0.2, 0.25) is 0 Å². The third-order valence-corrected chi connectivity index (χ3v) is 5.68. The van der Waals surface area contributed by atoms with Crippen molar-refractivity contribution in [3.63, 3.8) is 0 Å². The smallest absolute Gasteiger partial charge is 0.244 e. The first-order chi connectivity index (χ1) is 11.5. The average molecular weight is 326 g/mol. The van der Waals surface area contributed by atoms with Gasteiger partial charge in [0, 0.05) is 24.1 Å². The molecular weight excluding hydrogens is 300 g/mol. The van der Waals surface area contributed by atoms with E-state index in [1.54, 1.807) is 6.08 Å². The van der Waals surface area contributed by atoms with Crippen molar-refractivity contribution in [1.82, 2.24) is 10.6 Å². The van der Waals surface area contributed by atoms with Crippen LogP contribution in [0.15, 0.2) is 36.4 Å². The molecule has 5 unspecified atom stereocenters. The molecule has 128 valence electrons. The highest BCUT2D eigenvalue weighted by Crippen LogP contribution is 2.37. The zero-order valence-electron chi connectivity index (χ0n) is 14.4. The van der Waals surface area contributed by atoms with Gasteiger partial charge in [0.2, 0.25) is 11.8 Å².